The van der Waals surface area contributed by atoms with Crippen LogP contribution in [0, 0.1) is 5.92 Å². The van der Waals surface area contributed by atoms with E-state index in [1.807, 2.05) is 0 Å². The van der Waals surface area contributed by atoms with Gasteiger partial charge in [0.05, 0.1) is 6.04 Å². The number of likely N-dealkylation sites (N-methyl/N-ethyl adjacent to an activating group) is 1. The van der Waals surface area contributed by atoms with Crippen molar-refractivity contribution in [2.24, 2.45) is 5.92 Å². The summed E-state index contributed by atoms with van der Waals surface area (Å²) in [6, 6.07) is 0.777. The Kier molecular flexibility index (Phi) is 3.09. The van der Waals surface area contributed by atoms with E-state index in [4.69, 9.17) is 0 Å². The number of hydrogen-bond acceptors (Lipinski definition) is 2. The molecule has 0 aliphatic carbocycles. The molecule has 2 unspecified atom stereocenters. The summed E-state index contributed by atoms with van der Waals surface area (Å²) in [5.41, 5.74) is 0. The lowest BCUT2D eigenvalue weighted by molar-refractivity contribution is -0.119. The monoisotopic (exact) mass is 182 g/mol. The maximum Gasteiger partial charge on any atom is 0.243 e. The van der Waals surface area contributed by atoms with Gasteiger partial charge in [0.25, 0.3) is 0 Å². The van der Waals surface area contributed by atoms with Gasteiger partial charge in [-0.1, -0.05) is 20.4 Å². The number of nitrogens with zero attached hydrogens (tertiary/aromatic N) is 1. The smallest absolute Gasteiger partial charge is 0.243 e. The van der Waals surface area contributed by atoms with Gasteiger partial charge in [-0.05, 0) is 19.0 Å². The first-order valence-corrected chi connectivity index (χ1v) is 4.69. The van der Waals surface area contributed by atoms with E-state index in [-0.39, 0.29) is 5.91 Å². The quantitative estimate of drug-likeness (QED) is 0.649. The van der Waals surface area contributed by atoms with Crippen LogP contribution in [0.1, 0.15) is 13.8 Å². The molecular weight excluding hydrogens is 164 g/mol. The highest BCUT2D eigenvalue weighted by molar-refractivity contribution is 5.87. The van der Waals surface area contributed by atoms with Crippen molar-refractivity contribution < 1.29 is 4.79 Å². The van der Waals surface area contributed by atoms with Gasteiger partial charge in [0.2, 0.25) is 5.91 Å². The summed E-state index contributed by atoms with van der Waals surface area (Å²) in [4.78, 5) is 13.3. The molecule has 0 radical (unpaired) electrons. The molecule has 3 nitrogen and oxygen atoms in total. The van der Waals surface area contributed by atoms with E-state index in [0.29, 0.717) is 18.0 Å². The molecule has 0 aromatic carbocycles. The molecule has 13 heavy (non-hydrogen) atoms. The Balaban J connectivity index is 2.45. The maximum atomic E-state index is 11.0. The molecule has 0 spiro atoms. The Hall–Kier alpha value is -0.830. The summed E-state index contributed by atoms with van der Waals surface area (Å²) in [5, 5.41) is 2.93. The number of rotatable bonds is 3. The number of amides is 1. The van der Waals surface area contributed by atoms with E-state index in [2.05, 4.69) is 37.7 Å². The standard InChI is InChI=1S/C10H18N2O/c1-5-9(13)11-8-6-12(4)10(8)7(2)3/h5,7-8,10H,1,6H2,2-4H3,(H,11,13). The summed E-state index contributed by atoms with van der Waals surface area (Å²) in [6.45, 7) is 8.73. The van der Waals surface area contributed by atoms with Crippen molar-refractivity contribution in [1.29, 1.82) is 0 Å². The van der Waals surface area contributed by atoms with Crippen molar-refractivity contribution in [3.63, 3.8) is 0 Å². The number of hydrogen-bond donors (Lipinski definition) is 1. The fourth-order valence-electron chi connectivity index (χ4n) is 2.06. The molecule has 0 bridgehead atoms. The molecule has 1 fully saturated rings. The van der Waals surface area contributed by atoms with E-state index >= 15 is 0 Å². The molecule has 1 rings (SSSR count). The third-order valence-corrected chi connectivity index (χ3v) is 2.60. The molecule has 0 aromatic rings. The van der Waals surface area contributed by atoms with Crippen LogP contribution in [0.25, 0.3) is 0 Å². The lowest BCUT2D eigenvalue weighted by Gasteiger charge is -2.48. The predicted octanol–water partition coefficient (Wildman–Crippen LogP) is 0.627. The first-order chi connectivity index (χ1) is 6.06. The lowest BCUT2D eigenvalue weighted by Crippen LogP contribution is -2.66. The van der Waals surface area contributed by atoms with Crippen LogP contribution in [0.3, 0.4) is 0 Å². The molecule has 0 aromatic heterocycles. The highest BCUT2D eigenvalue weighted by Crippen LogP contribution is 2.22. The summed E-state index contributed by atoms with van der Waals surface area (Å²) in [5.74, 6) is 0.512. The van der Waals surface area contributed by atoms with Gasteiger partial charge in [0.1, 0.15) is 0 Å². The summed E-state index contributed by atoms with van der Waals surface area (Å²) in [6.07, 6.45) is 1.33. The molecule has 74 valence electrons. The zero-order valence-corrected chi connectivity index (χ0v) is 8.58. The van der Waals surface area contributed by atoms with Crippen LogP contribution < -0.4 is 5.32 Å². The second-order valence-electron chi connectivity index (χ2n) is 3.99. The van der Waals surface area contributed by atoms with Crippen molar-refractivity contribution in [3.05, 3.63) is 12.7 Å². The van der Waals surface area contributed by atoms with Crippen LogP contribution in [0.4, 0.5) is 0 Å². The Morgan fingerprint density at radius 3 is 2.69 bits per heavy atom. The predicted molar refractivity (Wildman–Crippen MR) is 53.4 cm³/mol. The minimum absolute atomic E-state index is 0.0660. The van der Waals surface area contributed by atoms with Crippen LogP contribution in [0.2, 0.25) is 0 Å². The Bertz CT molecular complexity index is 208. The molecule has 1 aliphatic rings. The fourth-order valence-corrected chi connectivity index (χ4v) is 2.06. The van der Waals surface area contributed by atoms with E-state index in [1.54, 1.807) is 0 Å². The van der Waals surface area contributed by atoms with Gasteiger partial charge >= 0.3 is 0 Å². The largest absolute Gasteiger partial charge is 0.347 e. The van der Waals surface area contributed by atoms with Gasteiger partial charge in [-0.15, -0.1) is 0 Å². The second kappa shape index (κ2) is 3.92. The zero-order valence-electron chi connectivity index (χ0n) is 8.58. The van der Waals surface area contributed by atoms with Crippen molar-refractivity contribution in [3.8, 4) is 0 Å². The van der Waals surface area contributed by atoms with E-state index in [9.17, 15) is 4.79 Å². The van der Waals surface area contributed by atoms with E-state index < -0.39 is 0 Å². The minimum Gasteiger partial charge on any atom is -0.347 e. The van der Waals surface area contributed by atoms with E-state index in [1.165, 1.54) is 6.08 Å². The van der Waals surface area contributed by atoms with Crippen LogP contribution in [0.5, 0.6) is 0 Å². The highest BCUT2D eigenvalue weighted by Gasteiger charge is 2.38. The van der Waals surface area contributed by atoms with Gasteiger partial charge in [-0.25, -0.2) is 0 Å². The molecule has 1 heterocycles. The zero-order chi connectivity index (χ0) is 10.0. The average Bonchev–Trinajstić information content (AvgIpc) is 2.01. The molecule has 1 amide bonds. The molecule has 1 aliphatic heterocycles. The highest BCUT2D eigenvalue weighted by atomic mass is 16.1. The van der Waals surface area contributed by atoms with Gasteiger partial charge in [-0.3, -0.25) is 9.69 Å². The van der Waals surface area contributed by atoms with Gasteiger partial charge in [0, 0.05) is 12.6 Å². The molecule has 1 saturated heterocycles. The number of carbonyl (C=O) groups is 1. The van der Waals surface area contributed by atoms with Gasteiger partial charge in [0.15, 0.2) is 0 Å². The van der Waals surface area contributed by atoms with Crippen LogP contribution in [-0.2, 0) is 4.79 Å². The van der Waals surface area contributed by atoms with Crippen LogP contribution in [0.15, 0.2) is 12.7 Å². The molecule has 1 N–H and O–H groups in total. The number of nitrogens with one attached hydrogen (secondary N) is 1. The molecule has 0 saturated carbocycles. The number of likely N-dealkylation sites (tertiary alicyclic amines) is 1. The normalized spacial score (nSPS) is 28.3. The summed E-state index contributed by atoms with van der Waals surface area (Å²) in [7, 11) is 2.08. The SMILES string of the molecule is C=CC(=O)NC1CN(C)C1C(C)C. The molecular formula is C10H18N2O. The topological polar surface area (TPSA) is 32.3 Å². The third-order valence-electron chi connectivity index (χ3n) is 2.60. The summed E-state index contributed by atoms with van der Waals surface area (Å²) < 4.78 is 0. The lowest BCUT2D eigenvalue weighted by atomic mass is 9.87. The van der Waals surface area contributed by atoms with Crippen molar-refractivity contribution >= 4 is 5.91 Å². The third kappa shape index (κ3) is 2.10. The first-order valence-electron chi connectivity index (χ1n) is 4.69. The Morgan fingerprint density at radius 2 is 2.31 bits per heavy atom. The maximum absolute atomic E-state index is 11.0. The second-order valence-corrected chi connectivity index (χ2v) is 3.99. The van der Waals surface area contributed by atoms with Crippen molar-refractivity contribution in [1.82, 2.24) is 10.2 Å². The number of carbonyl (C=O) groups excluding carboxylic acids is 1. The molecule has 2 atom stereocenters. The summed E-state index contributed by atoms with van der Waals surface area (Å²) >= 11 is 0. The van der Waals surface area contributed by atoms with E-state index in [0.717, 1.165) is 6.54 Å². The minimum atomic E-state index is -0.0660. The Labute approximate surface area is 79.8 Å². The fraction of sp³-hybridized carbons (Fsp3) is 0.700. The Morgan fingerprint density at radius 1 is 1.69 bits per heavy atom. The van der Waals surface area contributed by atoms with Gasteiger partial charge < -0.3 is 5.32 Å². The van der Waals surface area contributed by atoms with Crippen LogP contribution in [-0.4, -0.2) is 36.5 Å². The van der Waals surface area contributed by atoms with Crippen molar-refractivity contribution in [2.45, 2.75) is 25.9 Å². The molecule has 3 heteroatoms. The first kappa shape index (κ1) is 10.3. The van der Waals surface area contributed by atoms with Crippen molar-refractivity contribution in [2.75, 3.05) is 13.6 Å². The van der Waals surface area contributed by atoms with Gasteiger partial charge in [-0.2, -0.15) is 0 Å². The average molecular weight is 182 g/mol. The van der Waals surface area contributed by atoms with Crippen LogP contribution >= 0.6 is 0 Å².